The summed E-state index contributed by atoms with van der Waals surface area (Å²) in [5.74, 6) is 3.17. The summed E-state index contributed by atoms with van der Waals surface area (Å²) in [6.07, 6.45) is 16.7. The molecule has 2 nitrogen and oxygen atoms in total. The molecule has 0 radical (unpaired) electrons. The molecule has 248 valence electrons. The molecule has 4 heteroatoms. The van der Waals surface area contributed by atoms with Gasteiger partial charge in [-0.15, -0.1) is 0 Å². The Hall–Kier alpha value is -0.426. The minimum Gasteiger partial charge on any atom is -0.414 e. The Labute approximate surface area is 270 Å². The van der Waals surface area contributed by atoms with Gasteiger partial charge in [0.1, 0.15) is 0 Å². The summed E-state index contributed by atoms with van der Waals surface area (Å²) in [5, 5.41) is 11.6. The van der Waals surface area contributed by atoms with E-state index >= 15 is 0 Å². The molecule has 0 saturated heterocycles. The monoisotopic (exact) mass is 629 g/mol. The minimum atomic E-state index is -2.10. The first kappa shape index (κ1) is 37.0. The third kappa shape index (κ3) is 7.44. The molecular formula is C39H72O2Si2. The van der Waals surface area contributed by atoms with Crippen LogP contribution in [-0.2, 0) is 4.43 Å². The number of aliphatic hydroxyl groups excluding tert-OH is 1. The van der Waals surface area contributed by atoms with Crippen molar-refractivity contribution in [1.82, 2.24) is 0 Å². The second-order valence-corrected chi connectivity index (χ2v) is 29.4. The van der Waals surface area contributed by atoms with E-state index in [1.165, 1.54) is 56.9 Å². The standard InChI is InChI=1S/C39H72O2Si2/c1-28(2)18-16-19-29(3)33-23-24-34-31(20-17-25-38(33,34)11)21-22-32-26-39(27-35(40)30(32)4,42(12,13)36(5,6)7)41-43(14,15)37(8,9)10/h21-22,28-29,33-35,40H,4,16-20,23-27H2,1-3,5-15H3/b31-21?,32-22-/t29-,33-,34?,35-,38-,39+/m1/s1. The lowest BCUT2D eigenvalue weighted by Crippen LogP contribution is -2.67. The van der Waals surface area contributed by atoms with E-state index in [0.29, 0.717) is 17.8 Å². The molecule has 0 spiro atoms. The molecule has 0 aliphatic heterocycles. The van der Waals surface area contributed by atoms with Gasteiger partial charge in [-0.05, 0) is 102 Å². The first-order valence-electron chi connectivity index (χ1n) is 18.0. The maximum absolute atomic E-state index is 11.6. The molecule has 3 aliphatic rings. The summed E-state index contributed by atoms with van der Waals surface area (Å²) in [6.45, 7) is 38.5. The molecule has 0 bridgehead atoms. The van der Waals surface area contributed by atoms with E-state index in [0.717, 1.165) is 29.7 Å². The highest BCUT2D eigenvalue weighted by Gasteiger charge is 2.60. The van der Waals surface area contributed by atoms with Gasteiger partial charge in [-0.2, -0.15) is 0 Å². The number of hydrogen-bond donors (Lipinski definition) is 1. The normalized spacial score (nSPS) is 33.9. The van der Waals surface area contributed by atoms with Gasteiger partial charge in [0.15, 0.2) is 8.32 Å². The molecule has 3 saturated carbocycles. The Morgan fingerprint density at radius 3 is 2.16 bits per heavy atom. The van der Waals surface area contributed by atoms with E-state index in [1.807, 2.05) is 0 Å². The largest absolute Gasteiger partial charge is 0.414 e. The van der Waals surface area contributed by atoms with Crippen LogP contribution in [0.15, 0.2) is 35.5 Å². The Kier molecular flexibility index (Phi) is 11.2. The van der Waals surface area contributed by atoms with Crippen LogP contribution >= 0.6 is 0 Å². The van der Waals surface area contributed by atoms with Gasteiger partial charge in [0, 0.05) is 6.42 Å². The van der Waals surface area contributed by atoms with Gasteiger partial charge in [0.25, 0.3) is 0 Å². The first-order chi connectivity index (χ1) is 19.5. The van der Waals surface area contributed by atoms with Gasteiger partial charge in [0.2, 0.25) is 0 Å². The predicted octanol–water partition coefficient (Wildman–Crippen LogP) is 12.0. The summed E-state index contributed by atoms with van der Waals surface area (Å²) in [5.41, 5.74) is 4.25. The molecular weight excluding hydrogens is 557 g/mol. The smallest absolute Gasteiger partial charge is 0.192 e. The van der Waals surface area contributed by atoms with Crippen molar-refractivity contribution in [1.29, 1.82) is 0 Å². The van der Waals surface area contributed by atoms with Crippen molar-refractivity contribution >= 4 is 16.4 Å². The van der Waals surface area contributed by atoms with Crippen molar-refractivity contribution in [2.75, 3.05) is 0 Å². The summed E-state index contributed by atoms with van der Waals surface area (Å²) in [7, 11) is -4.15. The average Bonchev–Trinajstić information content (AvgIpc) is 3.21. The van der Waals surface area contributed by atoms with Crippen LogP contribution in [0.25, 0.3) is 0 Å². The van der Waals surface area contributed by atoms with Crippen LogP contribution < -0.4 is 0 Å². The molecule has 0 heterocycles. The first-order valence-corrected chi connectivity index (χ1v) is 23.9. The van der Waals surface area contributed by atoms with Crippen molar-refractivity contribution in [3.8, 4) is 0 Å². The molecule has 3 aliphatic carbocycles. The Morgan fingerprint density at radius 2 is 1.60 bits per heavy atom. The van der Waals surface area contributed by atoms with Crippen molar-refractivity contribution in [2.45, 2.75) is 181 Å². The molecule has 0 aromatic rings. The summed E-state index contributed by atoms with van der Waals surface area (Å²) >= 11 is 0. The van der Waals surface area contributed by atoms with Crippen LogP contribution in [0, 0.1) is 29.1 Å². The molecule has 3 rings (SSSR count). The van der Waals surface area contributed by atoms with Crippen LogP contribution in [0.1, 0.15) is 133 Å². The van der Waals surface area contributed by atoms with Gasteiger partial charge >= 0.3 is 0 Å². The molecule has 3 fully saturated rings. The second-order valence-electron chi connectivity index (χ2n) is 19.0. The zero-order valence-electron chi connectivity index (χ0n) is 31.2. The van der Waals surface area contributed by atoms with Crippen LogP contribution in [0.2, 0.25) is 36.3 Å². The van der Waals surface area contributed by atoms with Gasteiger partial charge in [-0.3, -0.25) is 0 Å². The Bertz CT molecular complexity index is 1050. The van der Waals surface area contributed by atoms with Crippen LogP contribution in [0.3, 0.4) is 0 Å². The second kappa shape index (κ2) is 13.0. The molecule has 6 atom stereocenters. The molecule has 0 aromatic carbocycles. The van der Waals surface area contributed by atoms with E-state index < -0.39 is 22.5 Å². The van der Waals surface area contributed by atoms with Gasteiger partial charge in [0.05, 0.1) is 19.4 Å². The average molecular weight is 629 g/mol. The number of fused-ring (bicyclic) bond motifs is 1. The van der Waals surface area contributed by atoms with Crippen LogP contribution in [-0.4, -0.2) is 32.8 Å². The lowest BCUT2D eigenvalue weighted by atomic mass is 9.60. The van der Waals surface area contributed by atoms with Gasteiger partial charge in [-0.1, -0.05) is 126 Å². The number of hydrogen-bond acceptors (Lipinski definition) is 2. The maximum atomic E-state index is 11.6. The summed E-state index contributed by atoms with van der Waals surface area (Å²) in [6, 6.07) is 0. The predicted molar refractivity (Wildman–Crippen MR) is 195 cm³/mol. The Morgan fingerprint density at radius 1 is 0.977 bits per heavy atom. The highest BCUT2D eigenvalue weighted by atomic mass is 28.4. The number of aliphatic hydroxyl groups is 1. The lowest BCUT2D eigenvalue weighted by Gasteiger charge is -2.59. The van der Waals surface area contributed by atoms with E-state index in [4.69, 9.17) is 4.43 Å². The molecule has 1 N–H and O–H groups in total. The number of rotatable bonds is 9. The summed E-state index contributed by atoms with van der Waals surface area (Å²) in [4.78, 5) is 0. The lowest BCUT2D eigenvalue weighted by molar-refractivity contribution is 0.0502. The van der Waals surface area contributed by atoms with E-state index in [9.17, 15) is 5.11 Å². The minimum absolute atomic E-state index is 0.116. The zero-order chi connectivity index (χ0) is 32.8. The van der Waals surface area contributed by atoms with Crippen LogP contribution in [0.5, 0.6) is 0 Å². The highest BCUT2D eigenvalue weighted by Crippen LogP contribution is 2.60. The quantitative estimate of drug-likeness (QED) is 0.257. The molecule has 43 heavy (non-hydrogen) atoms. The molecule has 0 aromatic heterocycles. The fourth-order valence-electron chi connectivity index (χ4n) is 8.79. The van der Waals surface area contributed by atoms with E-state index in [2.05, 4.69) is 114 Å². The maximum Gasteiger partial charge on any atom is 0.192 e. The highest BCUT2D eigenvalue weighted by molar-refractivity contribution is 6.84. The Balaban J connectivity index is 1.97. The van der Waals surface area contributed by atoms with Crippen molar-refractivity contribution in [2.24, 2.45) is 29.1 Å². The van der Waals surface area contributed by atoms with E-state index in [1.54, 1.807) is 5.57 Å². The SMILES string of the molecule is C=C1/C(=C\C=C2CCC[C@@]3(C)C2CC[C@@H]3[C@H](C)CCCC(C)C)C[C@](O[Si](C)(C)C(C)(C)C)([Si](C)(C)C(C)(C)C)C[C@H]1O. The van der Waals surface area contributed by atoms with Crippen LogP contribution in [0.4, 0.5) is 0 Å². The number of allylic oxidation sites excluding steroid dienone is 3. The fourth-order valence-corrected chi connectivity index (χ4v) is 14.7. The van der Waals surface area contributed by atoms with Crippen molar-refractivity contribution in [3.63, 3.8) is 0 Å². The van der Waals surface area contributed by atoms with Gasteiger partial charge < -0.3 is 9.53 Å². The third-order valence-corrected chi connectivity index (χ3v) is 25.0. The molecule has 0 amide bonds. The zero-order valence-corrected chi connectivity index (χ0v) is 33.2. The topological polar surface area (TPSA) is 29.5 Å². The fraction of sp³-hybridized carbons (Fsp3) is 0.846. The summed E-state index contributed by atoms with van der Waals surface area (Å²) < 4.78 is 7.57. The third-order valence-electron chi connectivity index (χ3n) is 13.7. The van der Waals surface area contributed by atoms with Crippen molar-refractivity contribution in [3.05, 3.63) is 35.5 Å². The van der Waals surface area contributed by atoms with Gasteiger partial charge in [-0.25, -0.2) is 0 Å². The molecule has 1 unspecified atom stereocenters. The van der Waals surface area contributed by atoms with Crippen molar-refractivity contribution < 1.29 is 9.53 Å². The van der Waals surface area contributed by atoms with E-state index in [-0.39, 0.29) is 15.3 Å².